The summed E-state index contributed by atoms with van der Waals surface area (Å²) in [7, 11) is 0. The molecule has 0 spiro atoms. The number of nitrogens with zero attached hydrogens (tertiary/aromatic N) is 2. The second-order valence-corrected chi connectivity index (χ2v) is 3.21. The molecule has 0 aromatic carbocycles. The zero-order valence-electron chi connectivity index (χ0n) is 6.36. The van der Waals surface area contributed by atoms with Gasteiger partial charge in [0.2, 0.25) is 0 Å². The van der Waals surface area contributed by atoms with Gasteiger partial charge in [-0.2, -0.15) is 0 Å². The van der Waals surface area contributed by atoms with Gasteiger partial charge in [-0.1, -0.05) is 0 Å². The number of fused-ring (bicyclic) bond motifs is 3. The lowest BCUT2D eigenvalue weighted by atomic mass is 10.4. The fraction of sp³-hybridized carbons (Fsp3) is 0.375. The molecule has 2 unspecified atom stereocenters. The molecule has 1 fully saturated rings. The zero-order chi connectivity index (χ0) is 7.42. The van der Waals surface area contributed by atoms with Crippen LogP contribution in [-0.4, -0.2) is 23.4 Å². The lowest BCUT2D eigenvalue weighted by Crippen LogP contribution is -2.85. The maximum Gasteiger partial charge on any atom is 0.265 e. The quantitative estimate of drug-likeness (QED) is 0.489. The Morgan fingerprint density at radius 2 is 2.55 bits per heavy atom. The van der Waals surface area contributed by atoms with Crippen LogP contribution in [0.25, 0.3) is 0 Å². The Morgan fingerprint density at radius 3 is 3.45 bits per heavy atom. The van der Waals surface area contributed by atoms with Crippen molar-refractivity contribution in [1.82, 2.24) is 4.90 Å². The first-order chi connectivity index (χ1) is 5.38. The zero-order valence-corrected chi connectivity index (χ0v) is 6.36. The second-order valence-electron chi connectivity index (χ2n) is 3.21. The van der Waals surface area contributed by atoms with E-state index in [0.717, 1.165) is 0 Å². The van der Waals surface area contributed by atoms with E-state index in [1.165, 1.54) is 11.3 Å². The fourth-order valence-electron chi connectivity index (χ4n) is 1.91. The summed E-state index contributed by atoms with van der Waals surface area (Å²) in [6.45, 7) is 2.19. The third kappa shape index (κ3) is 0.546. The summed E-state index contributed by atoms with van der Waals surface area (Å²) in [6, 6.07) is 0.605. The van der Waals surface area contributed by atoms with Gasteiger partial charge in [-0.3, -0.25) is 10.2 Å². The number of allylic oxidation sites excluding steroid dienone is 1. The molecule has 0 bridgehead atoms. The summed E-state index contributed by atoms with van der Waals surface area (Å²) in [6.07, 6.45) is 6.31. The minimum atomic E-state index is 0.309. The van der Waals surface area contributed by atoms with Crippen LogP contribution in [0.4, 0.5) is 0 Å². The Labute approximate surface area is 65.1 Å². The van der Waals surface area contributed by atoms with Crippen molar-refractivity contribution in [1.29, 1.82) is 0 Å². The summed E-state index contributed by atoms with van der Waals surface area (Å²) in [5, 5.41) is 2.25. The van der Waals surface area contributed by atoms with Crippen LogP contribution < -0.4 is 5.32 Å². The first kappa shape index (κ1) is 5.55. The highest BCUT2D eigenvalue weighted by molar-refractivity contribution is 5.72. The van der Waals surface area contributed by atoms with Gasteiger partial charge in [0.25, 0.3) is 6.29 Å². The fourth-order valence-corrected chi connectivity index (χ4v) is 1.91. The SMILES string of the molecule is CC1=C2[NH2+]C3N=CC=CN3C12. The molecule has 3 aliphatic rings. The summed E-state index contributed by atoms with van der Waals surface area (Å²) >= 11 is 0. The van der Waals surface area contributed by atoms with E-state index >= 15 is 0 Å². The molecule has 2 N–H and O–H groups in total. The van der Waals surface area contributed by atoms with Gasteiger partial charge in [-0.25, -0.2) is 4.99 Å². The lowest BCUT2D eigenvalue weighted by molar-refractivity contribution is -0.636. The molecule has 2 heterocycles. The molecule has 1 aliphatic carbocycles. The maximum absolute atomic E-state index is 4.33. The van der Waals surface area contributed by atoms with E-state index in [0.29, 0.717) is 12.3 Å². The second kappa shape index (κ2) is 1.56. The molecular formula is C8H10N3+. The van der Waals surface area contributed by atoms with Crippen LogP contribution in [0.15, 0.2) is 28.5 Å². The van der Waals surface area contributed by atoms with Crippen molar-refractivity contribution in [3.63, 3.8) is 0 Å². The van der Waals surface area contributed by atoms with E-state index in [-0.39, 0.29) is 0 Å². The van der Waals surface area contributed by atoms with Gasteiger partial charge in [0.1, 0.15) is 11.7 Å². The third-order valence-electron chi connectivity index (χ3n) is 2.59. The van der Waals surface area contributed by atoms with Gasteiger partial charge in [0.15, 0.2) is 0 Å². The van der Waals surface area contributed by atoms with Gasteiger partial charge in [-0.15, -0.1) is 0 Å². The number of nitrogens with two attached hydrogens (primary N) is 1. The summed E-state index contributed by atoms with van der Waals surface area (Å²) in [4.78, 5) is 6.63. The standard InChI is InChI=1S/C8H9N3/c1-5-6-7(5)11-4-2-3-9-8(11)10-6/h2-4,7-8,10H,1H3/p+1. The molecule has 0 saturated carbocycles. The largest absolute Gasteiger partial charge is 0.293 e. The van der Waals surface area contributed by atoms with Gasteiger partial charge >= 0.3 is 0 Å². The highest BCUT2D eigenvalue weighted by Gasteiger charge is 2.52. The number of rotatable bonds is 0. The molecule has 11 heavy (non-hydrogen) atoms. The smallest absolute Gasteiger partial charge is 0.265 e. The third-order valence-corrected chi connectivity index (χ3v) is 2.59. The lowest BCUT2D eigenvalue weighted by Gasteiger charge is -2.19. The summed E-state index contributed by atoms with van der Waals surface area (Å²) < 4.78 is 0. The molecule has 0 aromatic heterocycles. The molecule has 0 amide bonds. The highest BCUT2D eigenvalue weighted by atomic mass is 15.5. The predicted molar refractivity (Wildman–Crippen MR) is 41.7 cm³/mol. The van der Waals surface area contributed by atoms with Crippen LogP contribution in [0.1, 0.15) is 6.92 Å². The molecule has 0 aromatic rings. The Morgan fingerprint density at radius 1 is 1.64 bits per heavy atom. The van der Waals surface area contributed by atoms with Gasteiger partial charge in [0.05, 0.1) is 0 Å². The number of hydrogen-bond donors (Lipinski definition) is 1. The molecule has 56 valence electrons. The summed E-state index contributed by atoms with van der Waals surface area (Å²) in [5.74, 6) is 0. The minimum absolute atomic E-state index is 0.309. The minimum Gasteiger partial charge on any atom is -0.293 e. The maximum atomic E-state index is 4.33. The van der Waals surface area contributed by atoms with Crippen molar-refractivity contribution >= 4 is 6.21 Å². The molecule has 1 saturated heterocycles. The van der Waals surface area contributed by atoms with E-state index in [1.54, 1.807) is 0 Å². The van der Waals surface area contributed by atoms with E-state index in [4.69, 9.17) is 0 Å². The molecule has 3 rings (SSSR count). The number of quaternary nitrogens is 1. The molecular weight excluding hydrogens is 138 g/mol. The van der Waals surface area contributed by atoms with Crippen LogP contribution in [0.3, 0.4) is 0 Å². The van der Waals surface area contributed by atoms with Crippen molar-refractivity contribution in [3.05, 3.63) is 23.5 Å². The van der Waals surface area contributed by atoms with Crippen molar-refractivity contribution in [2.45, 2.75) is 19.3 Å². The normalized spacial score (nSPS) is 37.7. The molecule has 0 radical (unpaired) electrons. The Hall–Kier alpha value is -1.09. The highest BCUT2D eigenvalue weighted by Crippen LogP contribution is 2.36. The first-order valence-electron chi connectivity index (χ1n) is 3.91. The van der Waals surface area contributed by atoms with Crippen molar-refractivity contribution in [2.75, 3.05) is 0 Å². The van der Waals surface area contributed by atoms with E-state index in [9.17, 15) is 0 Å². The van der Waals surface area contributed by atoms with Crippen molar-refractivity contribution in [2.24, 2.45) is 4.99 Å². The molecule has 2 atom stereocenters. The van der Waals surface area contributed by atoms with E-state index in [2.05, 4.69) is 28.3 Å². The topological polar surface area (TPSA) is 32.2 Å². The van der Waals surface area contributed by atoms with Crippen LogP contribution in [-0.2, 0) is 0 Å². The Bertz CT molecular complexity index is 300. The van der Waals surface area contributed by atoms with Crippen LogP contribution in [0.5, 0.6) is 0 Å². The van der Waals surface area contributed by atoms with Gasteiger partial charge in [0, 0.05) is 18.0 Å². The van der Waals surface area contributed by atoms with Crippen molar-refractivity contribution < 1.29 is 5.32 Å². The van der Waals surface area contributed by atoms with Crippen LogP contribution in [0, 0.1) is 0 Å². The monoisotopic (exact) mass is 148 g/mol. The van der Waals surface area contributed by atoms with Gasteiger partial charge in [-0.05, 0) is 13.0 Å². The Kier molecular flexibility index (Phi) is 0.786. The average molecular weight is 148 g/mol. The average Bonchev–Trinajstić information content (AvgIpc) is 2.55. The van der Waals surface area contributed by atoms with Crippen molar-refractivity contribution in [3.8, 4) is 0 Å². The predicted octanol–water partition coefficient (Wildman–Crippen LogP) is -0.597. The van der Waals surface area contributed by atoms with Gasteiger partial charge < -0.3 is 0 Å². The summed E-state index contributed by atoms with van der Waals surface area (Å²) in [5.41, 5.74) is 3.02. The Balaban J connectivity index is 1.97. The molecule has 3 heteroatoms. The number of aliphatic imine (C=N–C) groups is 1. The molecule has 3 nitrogen and oxygen atoms in total. The molecule has 2 aliphatic heterocycles. The van der Waals surface area contributed by atoms with E-state index in [1.807, 2.05) is 12.3 Å². The first-order valence-corrected chi connectivity index (χ1v) is 3.91. The van der Waals surface area contributed by atoms with E-state index < -0.39 is 0 Å². The van der Waals surface area contributed by atoms with Crippen LogP contribution in [0.2, 0.25) is 0 Å². The number of hydrogen-bond acceptors (Lipinski definition) is 2. The van der Waals surface area contributed by atoms with Crippen LogP contribution >= 0.6 is 0 Å².